The lowest BCUT2D eigenvalue weighted by atomic mass is 10.1. The number of nitrogens with zero attached hydrogens (tertiary/aromatic N) is 2. The lowest BCUT2D eigenvalue weighted by Crippen LogP contribution is -2.24. The van der Waals surface area contributed by atoms with Gasteiger partial charge in [0.2, 0.25) is 0 Å². The molecule has 0 spiro atoms. The van der Waals surface area contributed by atoms with Gasteiger partial charge in [0.05, 0.1) is 0 Å². The summed E-state index contributed by atoms with van der Waals surface area (Å²) in [5.74, 6) is 0.833. The van der Waals surface area contributed by atoms with Gasteiger partial charge in [-0.15, -0.1) is 11.3 Å². The monoisotopic (exact) mass is 211 g/mol. The van der Waals surface area contributed by atoms with Crippen LogP contribution in [0, 0.1) is 5.92 Å². The van der Waals surface area contributed by atoms with Crippen molar-refractivity contribution in [3.63, 3.8) is 0 Å². The zero-order chi connectivity index (χ0) is 9.80. The van der Waals surface area contributed by atoms with Gasteiger partial charge in [-0.25, -0.2) is 4.98 Å². The highest BCUT2D eigenvalue weighted by Crippen LogP contribution is 2.13. The van der Waals surface area contributed by atoms with Crippen molar-refractivity contribution in [1.82, 2.24) is 15.2 Å². The molecule has 1 N–H and O–H groups in total. The fourth-order valence-electron chi connectivity index (χ4n) is 1.92. The first-order valence-corrected chi connectivity index (χ1v) is 6.00. The summed E-state index contributed by atoms with van der Waals surface area (Å²) < 4.78 is 0. The molecule has 0 radical (unpaired) electrons. The molecule has 0 amide bonds. The number of aromatic nitrogens is 1. The van der Waals surface area contributed by atoms with E-state index in [2.05, 4.69) is 22.2 Å². The molecule has 3 nitrogen and oxygen atoms in total. The van der Waals surface area contributed by atoms with E-state index in [9.17, 15) is 0 Å². The van der Waals surface area contributed by atoms with E-state index in [1.807, 2.05) is 11.6 Å². The third kappa shape index (κ3) is 2.77. The van der Waals surface area contributed by atoms with E-state index < -0.39 is 0 Å². The lowest BCUT2D eigenvalue weighted by molar-refractivity contribution is 0.388. The summed E-state index contributed by atoms with van der Waals surface area (Å²) in [5.41, 5.74) is 0. The molecule has 2 heterocycles. The first-order valence-electron chi connectivity index (χ1n) is 5.12. The molecule has 1 aliphatic rings. The summed E-state index contributed by atoms with van der Waals surface area (Å²) in [5, 5.41) is 6.69. The number of likely N-dealkylation sites (tertiary alicyclic amines) is 1. The van der Waals surface area contributed by atoms with E-state index in [4.69, 9.17) is 0 Å². The summed E-state index contributed by atoms with van der Waals surface area (Å²) in [6, 6.07) is 0. The minimum atomic E-state index is 0.833. The number of thiazole rings is 1. The van der Waals surface area contributed by atoms with Crippen molar-refractivity contribution in [2.24, 2.45) is 5.92 Å². The second-order valence-corrected chi connectivity index (χ2v) is 4.95. The van der Waals surface area contributed by atoms with Crippen LogP contribution in [0.1, 0.15) is 11.4 Å². The molecule has 1 unspecified atom stereocenters. The van der Waals surface area contributed by atoms with Crippen LogP contribution in [0.4, 0.5) is 0 Å². The maximum atomic E-state index is 4.24. The zero-order valence-electron chi connectivity index (χ0n) is 8.57. The van der Waals surface area contributed by atoms with Crippen LogP contribution in [0.2, 0.25) is 0 Å². The third-order valence-corrected chi connectivity index (χ3v) is 3.46. The average molecular weight is 211 g/mol. The van der Waals surface area contributed by atoms with Crippen LogP contribution in [0.15, 0.2) is 11.6 Å². The van der Waals surface area contributed by atoms with Gasteiger partial charge in [-0.1, -0.05) is 0 Å². The van der Waals surface area contributed by atoms with Gasteiger partial charge in [0, 0.05) is 24.7 Å². The van der Waals surface area contributed by atoms with Crippen LogP contribution in [0.5, 0.6) is 0 Å². The second-order valence-electron chi connectivity index (χ2n) is 3.97. The molecular formula is C10H17N3S. The summed E-state index contributed by atoms with van der Waals surface area (Å²) in [7, 11) is 2.20. The maximum Gasteiger partial charge on any atom is 0.106 e. The van der Waals surface area contributed by atoms with Gasteiger partial charge in [-0.2, -0.15) is 0 Å². The summed E-state index contributed by atoms with van der Waals surface area (Å²) in [6.07, 6.45) is 3.20. The number of rotatable bonds is 4. The predicted octanol–water partition coefficient (Wildman–Crippen LogP) is 1.18. The van der Waals surface area contributed by atoms with Crippen LogP contribution in [-0.2, 0) is 6.54 Å². The fraction of sp³-hybridized carbons (Fsp3) is 0.700. The van der Waals surface area contributed by atoms with Crippen molar-refractivity contribution in [2.45, 2.75) is 13.0 Å². The summed E-state index contributed by atoms with van der Waals surface area (Å²) in [4.78, 5) is 6.64. The van der Waals surface area contributed by atoms with E-state index in [-0.39, 0.29) is 0 Å². The Bertz CT molecular complexity index is 260. The van der Waals surface area contributed by atoms with Crippen molar-refractivity contribution in [3.05, 3.63) is 16.6 Å². The fourth-order valence-corrected chi connectivity index (χ4v) is 2.50. The molecule has 1 aromatic heterocycles. The highest BCUT2D eigenvalue weighted by atomic mass is 32.1. The standard InChI is InChI=1S/C10H17N3S/c1-13-4-2-9(8-13)6-11-7-10-12-3-5-14-10/h3,5,9,11H,2,4,6-8H2,1H3. The van der Waals surface area contributed by atoms with E-state index in [1.165, 1.54) is 24.5 Å². The van der Waals surface area contributed by atoms with E-state index in [0.717, 1.165) is 19.0 Å². The van der Waals surface area contributed by atoms with E-state index in [1.54, 1.807) is 11.3 Å². The second kappa shape index (κ2) is 4.87. The topological polar surface area (TPSA) is 28.2 Å². The summed E-state index contributed by atoms with van der Waals surface area (Å²) in [6.45, 7) is 4.55. The average Bonchev–Trinajstić information content (AvgIpc) is 2.77. The molecule has 1 aromatic rings. The molecule has 1 atom stereocenters. The Hall–Kier alpha value is -0.450. The minimum absolute atomic E-state index is 0.833. The van der Waals surface area contributed by atoms with Gasteiger partial charge in [0.15, 0.2) is 0 Å². The molecule has 78 valence electrons. The molecule has 14 heavy (non-hydrogen) atoms. The Balaban J connectivity index is 1.64. The normalized spacial score (nSPS) is 23.1. The van der Waals surface area contributed by atoms with Gasteiger partial charge < -0.3 is 10.2 Å². The highest BCUT2D eigenvalue weighted by Gasteiger charge is 2.18. The molecule has 1 fully saturated rings. The first-order chi connectivity index (χ1) is 6.84. The number of hydrogen-bond donors (Lipinski definition) is 1. The lowest BCUT2D eigenvalue weighted by Gasteiger charge is -2.10. The Morgan fingerprint density at radius 3 is 3.29 bits per heavy atom. The van der Waals surface area contributed by atoms with Crippen molar-refractivity contribution in [2.75, 3.05) is 26.7 Å². The predicted molar refractivity (Wildman–Crippen MR) is 59.4 cm³/mol. The van der Waals surface area contributed by atoms with Crippen molar-refractivity contribution >= 4 is 11.3 Å². The third-order valence-electron chi connectivity index (χ3n) is 2.68. The van der Waals surface area contributed by atoms with E-state index in [0.29, 0.717) is 0 Å². The highest BCUT2D eigenvalue weighted by molar-refractivity contribution is 7.09. The van der Waals surface area contributed by atoms with E-state index >= 15 is 0 Å². The molecule has 1 saturated heterocycles. The Morgan fingerprint density at radius 1 is 1.71 bits per heavy atom. The number of nitrogens with one attached hydrogen (secondary N) is 1. The molecule has 4 heteroatoms. The summed E-state index contributed by atoms with van der Waals surface area (Å²) >= 11 is 1.72. The minimum Gasteiger partial charge on any atom is -0.310 e. The van der Waals surface area contributed by atoms with Crippen molar-refractivity contribution in [1.29, 1.82) is 0 Å². The Labute approximate surface area is 89.1 Å². The molecule has 0 aromatic carbocycles. The Morgan fingerprint density at radius 2 is 2.64 bits per heavy atom. The molecule has 0 bridgehead atoms. The maximum absolute atomic E-state index is 4.24. The SMILES string of the molecule is CN1CCC(CNCc2nccs2)C1. The Kier molecular flexibility index (Phi) is 3.50. The van der Waals surface area contributed by atoms with Crippen LogP contribution in [0.25, 0.3) is 0 Å². The van der Waals surface area contributed by atoms with Crippen molar-refractivity contribution < 1.29 is 0 Å². The largest absolute Gasteiger partial charge is 0.310 e. The van der Waals surface area contributed by atoms with Crippen molar-refractivity contribution in [3.8, 4) is 0 Å². The zero-order valence-corrected chi connectivity index (χ0v) is 9.39. The quantitative estimate of drug-likeness (QED) is 0.810. The van der Waals surface area contributed by atoms with Gasteiger partial charge in [-0.05, 0) is 32.5 Å². The molecule has 1 aliphatic heterocycles. The van der Waals surface area contributed by atoms with Gasteiger partial charge in [0.1, 0.15) is 5.01 Å². The van der Waals surface area contributed by atoms with Crippen LogP contribution >= 0.6 is 11.3 Å². The van der Waals surface area contributed by atoms with Crippen LogP contribution in [0.3, 0.4) is 0 Å². The van der Waals surface area contributed by atoms with Gasteiger partial charge in [0.25, 0.3) is 0 Å². The first kappa shape index (κ1) is 10.1. The van der Waals surface area contributed by atoms with Gasteiger partial charge in [-0.3, -0.25) is 0 Å². The van der Waals surface area contributed by atoms with Crippen LogP contribution in [-0.4, -0.2) is 36.6 Å². The molecule has 2 rings (SSSR count). The molecule has 0 aliphatic carbocycles. The van der Waals surface area contributed by atoms with Crippen LogP contribution < -0.4 is 5.32 Å². The molecule has 0 saturated carbocycles. The number of hydrogen-bond acceptors (Lipinski definition) is 4. The smallest absolute Gasteiger partial charge is 0.106 e. The molecular weight excluding hydrogens is 194 g/mol. The van der Waals surface area contributed by atoms with Gasteiger partial charge >= 0.3 is 0 Å².